The molecule has 3 N–H and O–H groups in total. The third-order valence-electron chi connectivity index (χ3n) is 3.67. The number of para-hydroxylation sites is 1. The number of benzene rings is 2. The van der Waals surface area contributed by atoms with Crippen LogP contribution in [0.5, 0.6) is 11.5 Å². The molecule has 0 radical (unpaired) electrons. The van der Waals surface area contributed by atoms with Gasteiger partial charge in [-0.15, -0.1) is 0 Å². The second-order valence-corrected chi connectivity index (χ2v) is 4.81. The SMILES string of the molecule is COc1ccc(C(NN)c2cccc3c2OCC3)cc1. The van der Waals surface area contributed by atoms with Crippen LogP contribution < -0.4 is 20.7 Å². The van der Waals surface area contributed by atoms with Gasteiger partial charge in [0.05, 0.1) is 19.8 Å². The maximum Gasteiger partial charge on any atom is 0.127 e. The van der Waals surface area contributed by atoms with Crippen LogP contribution in [0.1, 0.15) is 22.7 Å². The van der Waals surface area contributed by atoms with Crippen LogP contribution >= 0.6 is 0 Å². The van der Waals surface area contributed by atoms with Crippen LogP contribution in [0.25, 0.3) is 0 Å². The second kappa shape index (κ2) is 5.53. The number of hydrogen-bond donors (Lipinski definition) is 2. The first-order valence-corrected chi connectivity index (χ1v) is 6.68. The topological polar surface area (TPSA) is 56.5 Å². The summed E-state index contributed by atoms with van der Waals surface area (Å²) in [6.45, 7) is 0.742. The number of nitrogens with one attached hydrogen (secondary N) is 1. The molecular formula is C16H18N2O2. The Morgan fingerprint density at radius 1 is 1.20 bits per heavy atom. The average Bonchev–Trinajstić information content (AvgIpc) is 2.98. The summed E-state index contributed by atoms with van der Waals surface area (Å²) in [5.74, 6) is 7.56. The lowest BCUT2D eigenvalue weighted by molar-refractivity contribution is 0.350. The summed E-state index contributed by atoms with van der Waals surface area (Å²) < 4.78 is 10.9. The standard InChI is InChI=1S/C16H18N2O2/c1-19-13-7-5-11(6-8-13)15(18-17)14-4-2-3-12-9-10-20-16(12)14/h2-8,15,18H,9-10,17H2,1H3. The van der Waals surface area contributed by atoms with Crippen molar-refractivity contribution < 1.29 is 9.47 Å². The fraction of sp³-hybridized carbons (Fsp3) is 0.250. The first kappa shape index (κ1) is 13.0. The van der Waals surface area contributed by atoms with Crippen molar-refractivity contribution in [3.8, 4) is 11.5 Å². The molecule has 0 fully saturated rings. The van der Waals surface area contributed by atoms with E-state index in [0.717, 1.165) is 35.7 Å². The van der Waals surface area contributed by atoms with Crippen molar-refractivity contribution in [2.75, 3.05) is 13.7 Å². The molecule has 1 aliphatic heterocycles. The van der Waals surface area contributed by atoms with E-state index < -0.39 is 0 Å². The highest BCUT2D eigenvalue weighted by molar-refractivity contribution is 5.49. The van der Waals surface area contributed by atoms with Crippen LogP contribution in [0.3, 0.4) is 0 Å². The van der Waals surface area contributed by atoms with Crippen molar-refractivity contribution in [1.29, 1.82) is 0 Å². The number of ether oxygens (including phenoxy) is 2. The molecule has 0 saturated carbocycles. The largest absolute Gasteiger partial charge is 0.497 e. The van der Waals surface area contributed by atoms with Gasteiger partial charge in [-0.1, -0.05) is 30.3 Å². The van der Waals surface area contributed by atoms with E-state index in [-0.39, 0.29) is 6.04 Å². The van der Waals surface area contributed by atoms with Crippen LogP contribution in [0.4, 0.5) is 0 Å². The van der Waals surface area contributed by atoms with Crippen molar-refractivity contribution in [2.45, 2.75) is 12.5 Å². The smallest absolute Gasteiger partial charge is 0.127 e. The van der Waals surface area contributed by atoms with Crippen molar-refractivity contribution >= 4 is 0 Å². The summed E-state index contributed by atoms with van der Waals surface area (Å²) in [4.78, 5) is 0. The van der Waals surface area contributed by atoms with Gasteiger partial charge in [-0.25, -0.2) is 5.43 Å². The maximum atomic E-state index is 5.76. The molecule has 1 unspecified atom stereocenters. The van der Waals surface area contributed by atoms with Gasteiger partial charge in [-0.3, -0.25) is 5.84 Å². The maximum absolute atomic E-state index is 5.76. The van der Waals surface area contributed by atoms with E-state index in [1.165, 1.54) is 5.56 Å². The molecule has 0 bridgehead atoms. The van der Waals surface area contributed by atoms with Gasteiger partial charge in [0.2, 0.25) is 0 Å². The molecule has 3 rings (SSSR count). The van der Waals surface area contributed by atoms with Gasteiger partial charge < -0.3 is 9.47 Å². The van der Waals surface area contributed by atoms with Gasteiger partial charge in [-0.05, 0) is 23.3 Å². The molecule has 4 heteroatoms. The summed E-state index contributed by atoms with van der Waals surface area (Å²) >= 11 is 0. The normalized spacial score (nSPS) is 14.5. The molecule has 0 amide bonds. The van der Waals surface area contributed by atoms with E-state index in [2.05, 4.69) is 23.6 Å². The fourth-order valence-electron chi connectivity index (χ4n) is 2.63. The highest BCUT2D eigenvalue weighted by atomic mass is 16.5. The lowest BCUT2D eigenvalue weighted by Gasteiger charge is -2.19. The number of methoxy groups -OCH3 is 1. The highest BCUT2D eigenvalue weighted by Gasteiger charge is 2.22. The minimum absolute atomic E-state index is 0.0889. The summed E-state index contributed by atoms with van der Waals surface area (Å²) in [5.41, 5.74) is 6.28. The summed E-state index contributed by atoms with van der Waals surface area (Å²) in [6.07, 6.45) is 0.961. The zero-order valence-electron chi connectivity index (χ0n) is 11.4. The molecule has 1 atom stereocenters. The van der Waals surface area contributed by atoms with Crippen LogP contribution in [-0.4, -0.2) is 13.7 Å². The second-order valence-electron chi connectivity index (χ2n) is 4.81. The zero-order chi connectivity index (χ0) is 13.9. The van der Waals surface area contributed by atoms with Gasteiger partial charge in [0.1, 0.15) is 11.5 Å². The molecule has 0 spiro atoms. The Morgan fingerprint density at radius 3 is 2.70 bits per heavy atom. The van der Waals surface area contributed by atoms with Crippen LogP contribution in [0, 0.1) is 0 Å². The van der Waals surface area contributed by atoms with Crippen molar-refractivity contribution in [2.24, 2.45) is 5.84 Å². The first-order valence-electron chi connectivity index (χ1n) is 6.68. The number of fused-ring (bicyclic) bond motifs is 1. The van der Waals surface area contributed by atoms with Crippen LogP contribution in [-0.2, 0) is 6.42 Å². The van der Waals surface area contributed by atoms with Crippen LogP contribution in [0.15, 0.2) is 42.5 Å². The van der Waals surface area contributed by atoms with Gasteiger partial charge in [0.25, 0.3) is 0 Å². The van der Waals surface area contributed by atoms with Crippen molar-refractivity contribution in [1.82, 2.24) is 5.43 Å². The Labute approximate surface area is 118 Å². The predicted octanol–water partition coefficient (Wildman–Crippen LogP) is 2.18. The van der Waals surface area contributed by atoms with E-state index in [0.29, 0.717) is 0 Å². The third kappa shape index (κ3) is 2.24. The predicted molar refractivity (Wildman–Crippen MR) is 77.8 cm³/mol. The Morgan fingerprint density at radius 2 is 2.00 bits per heavy atom. The molecule has 2 aromatic carbocycles. The third-order valence-corrected chi connectivity index (χ3v) is 3.67. The van der Waals surface area contributed by atoms with Crippen molar-refractivity contribution in [3.05, 3.63) is 59.2 Å². The zero-order valence-corrected chi connectivity index (χ0v) is 11.4. The number of hydrogen-bond acceptors (Lipinski definition) is 4. The molecular weight excluding hydrogens is 252 g/mol. The Balaban J connectivity index is 1.99. The fourth-order valence-corrected chi connectivity index (χ4v) is 2.63. The molecule has 20 heavy (non-hydrogen) atoms. The monoisotopic (exact) mass is 270 g/mol. The minimum atomic E-state index is -0.0889. The number of nitrogens with two attached hydrogens (primary N) is 1. The van der Waals surface area contributed by atoms with E-state index >= 15 is 0 Å². The van der Waals surface area contributed by atoms with Gasteiger partial charge in [0.15, 0.2) is 0 Å². The molecule has 2 aromatic rings. The number of rotatable bonds is 4. The van der Waals surface area contributed by atoms with Crippen molar-refractivity contribution in [3.63, 3.8) is 0 Å². The van der Waals surface area contributed by atoms with Gasteiger partial charge >= 0.3 is 0 Å². The minimum Gasteiger partial charge on any atom is -0.497 e. The quantitative estimate of drug-likeness (QED) is 0.660. The average molecular weight is 270 g/mol. The number of hydrazine groups is 1. The molecule has 104 valence electrons. The molecule has 0 saturated heterocycles. The lowest BCUT2D eigenvalue weighted by Crippen LogP contribution is -2.29. The van der Waals surface area contributed by atoms with E-state index in [4.69, 9.17) is 15.3 Å². The van der Waals surface area contributed by atoms with E-state index in [1.807, 2.05) is 24.3 Å². The summed E-state index contributed by atoms with van der Waals surface area (Å²) in [7, 11) is 1.66. The molecule has 4 nitrogen and oxygen atoms in total. The Bertz CT molecular complexity index is 596. The molecule has 0 aromatic heterocycles. The van der Waals surface area contributed by atoms with Gasteiger partial charge in [-0.2, -0.15) is 0 Å². The summed E-state index contributed by atoms with van der Waals surface area (Å²) in [5, 5.41) is 0. The van der Waals surface area contributed by atoms with Gasteiger partial charge in [0, 0.05) is 12.0 Å². The van der Waals surface area contributed by atoms with E-state index in [1.54, 1.807) is 7.11 Å². The lowest BCUT2D eigenvalue weighted by atomic mass is 9.96. The molecule has 1 aliphatic rings. The Hall–Kier alpha value is -2.04. The molecule has 1 heterocycles. The highest BCUT2D eigenvalue weighted by Crippen LogP contribution is 2.36. The summed E-state index contributed by atoms with van der Waals surface area (Å²) in [6, 6.07) is 14.0. The first-order chi connectivity index (χ1) is 9.83. The molecule has 0 aliphatic carbocycles. The Kier molecular flexibility index (Phi) is 3.58. The van der Waals surface area contributed by atoms with E-state index in [9.17, 15) is 0 Å². The van der Waals surface area contributed by atoms with Crippen LogP contribution in [0.2, 0.25) is 0 Å².